The van der Waals surface area contributed by atoms with Gasteiger partial charge >= 0.3 is 0 Å². The highest BCUT2D eigenvalue weighted by molar-refractivity contribution is 5.91. The molecule has 0 bridgehead atoms. The van der Waals surface area contributed by atoms with E-state index in [1.807, 2.05) is 0 Å². The SMILES string of the molecule is C/C=C(\C)C(=O)NO. The van der Waals surface area contributed by atoms with Gasteiger partial charge in [0.1, 0.15) is 0 Å². The molecule has 0 aliphatic heterocycles. The van der Waals surface area contributed by atoms with Gasteiger partial charge in [0.05, 0.1) is 0 Å². The molecule has 0 saturated carbocycles. The van der Waals surface area contributed by atoms with E-state index in [0.29, 0.717) is 5.57 Å². The number of carbonyl (C=O) groups excluding carboxylic acids is 1. The summed E-state index contributed by atoms with van der Waals surface area (Å²) >= 11 is 0. The maximum atomic E-state index is 10.3. The Hall–Kier alpha value is -0.830. The van der Waals surface area contributed by atoms with Gasteiger partial charge in [0.2, 0.25) is 0 Å². The first-order chi connectivity index (χ1) is 3.72. The standard InChI is InChI=1S/C5H9NO2/c1-3-4(2)5(7)6-8/h3,8H,1-2H3,(H,6,7)/b4-3+. The topological polar surface area (TPSA) is 49.3 Å². The quantitative estimate of drug-likeness (QED) is 0.296. The van der Waals surface area contributed by atoms with Crippen LogP contribution in [0.2, 0.25) is 0 Å². The number of amides is 1. The van der Waals surface area contributed by atoms with Crippen molar-refractivity contribution < 1.29 is 10.0 Å². The lowest BCUT2D eigenvalue weighted by molar-refractivity contribution is -0.125. The summed E-state index contributed by atoms with van der Waals surface area (Å²) in [5, 5.41) is 8.00. The average Bonchev–Trinajstić information content (AvgIpc) is 1.84. The minimum absolute atomic E-state index is 0.451. The Labute approximate surface area is 48.0 Å². The van der Waals surface area contributed by atoms with Crippen LogP contribution in [0.5, 0.6) is 0 Å². The van der Waals surface area contributed by atoms with Gasteiger partial charge in [-0.05, 0) is 13.8 Å². The van der Waals surface area contributed by atoms with Crippen molar-refractivity contribution in [2.24, 2.45) is 0 Å². The van der Waals surface area contributed by atoms with E-state index in [9.17, 15) is 4.79 Å². The fourth-order valence-electron chi connectivity index (χ4n) is 0.219. The van der Waals surface area contributed by atoms with Crippen LogP contribution in [0.15, 0.2) is 11.6 Å². The first-order valence-electron chi connectivity index (χ1n) is 2.29. The lowest BCUT2D eigenvalue weighted by Gasteiger charge is -1.93. The molecule has 3 heteroatoms. The van der Waals surface area contributed by atoms with Gasteiger partial charge in [-0.25, -0.2) is 5.48 Å². The summed E-state index contributed by atoms with van der Waals surface area (Å²) in [4.78, 5) is 10.3. The largest absolute Gasteiger partial charge is 0.288 e. The van der Waals surface area contributed by atoms with Gasteiger partial charge in [0.15, 0.2) is 0 Å². The summed E-state index contributed by atoms with van der Waals surface area (Å²) in [5.41, 5.74) is 2.02. The molecule has 0 aromatic heterocycles. The molecule has 0 radical (unpaired) electrons. The van der Waals surface area contributed by atoms with Gasteiger partial charge in [-0.2, -0.15) is 0 Å². The van der Waals surface area contributed by atoms with E-state index in [1.54, 1.807) is 19.9 Å². The number of carbonyl (C=O) groups is 1. The maximum Gasteiger partial charge on any atom is 0.269 e. The summed E-state index contributed by atoms with van der Waals surface area (Å²) in [6.45, 7) is 3.34. The Balaban J connectivity index is 3.83. The molecule has 0 aliphatic carbocycles. The number of rotatable bonds is 1. The molecule has 0 rings (SSSR count). The maximum absolute atomic E-state index is 10.3. The van der Waals surface area contributed by atoms with E-state index in [-0.39, 0.29) is 0 Å². The molecule has 2 N–H and O–H groups in total. The highest BCUT2D eigenvalue weighted by Gasteiger charge is 1.96. The van der Waals surface area contributed by atoms with Crippen LogP contribution in [0.3, 0.4) is 0 Å². The zero-order valence-electron chi connectivity index (χ0n) is 4.93. The van der Waals surface area contributed by atoms with E-state index in [0.717, 1.165) is 0 Å². The molecule has 46 valence electrons. The van der Waals surface area contributed by atoms with E-state index >= 15 is 0 Å². The third-order valence-corrected chi connectivity index (χ3v) is 0.893. The summed E-state index contributed by atoms with van der Waals surface area (Å²) in [6.07, 6.45) is 1.62. The van der Waals surface area contributed by atoms with Crippen molar-refractivity contribution in [2.75, 3.05) is 0 Å². The molecule has 0 heterocycles. The molecule has 0 saturated heterocycles. The minimum atomic E-state index is -0.451. The summed E-state index contributed by atoms with van der Waals surface area (Å²) < 4.78 is 0. The smallest absolute Gasteiger partial charge is 0.269 e. The van der Waals surface area contributed by atoms with Crippen LogP contribution in [0.1, 0.15) is 13.8 Å². The highest BCUT2D eigenvalue weighted by atomic mass is 16.5. The Bertz CT molecular complexity index is 118. The second kappa shape index (κ2) is 3.21. The van der Waals surface area contributed by atoms with Crippen LogP contribution in [0.25, 0.3) is 0 Å². The van der Waals surface area contributed by atoms with Crippen molar-refractivity contribution >= 4 is 5.91 Å². The van der Waals surface area contributed by atoms with Gasteiger partial charge in [0.25, 0.3) is 5.91 Å². The number of nitrogens with one attached hydrogen (secondary N) is 1. The van der Waals surface area contributed by atoms with Gasteiger partial charge in [0, 0.05) is 5.57 Å². The summed E-state index contributed by atoms with van der Waals surface area (Å²) in [5.74, 6) is -0.451. The van der Waals surface area contributed by atoms with Gasteiger partial charge < -0.3 is 0 Å². The van der Waals surface area contributed by atoms with Crippen LogP contribution < -0.4 is 5.48 Å². The van der Waals surface area contributed by atoms with Crippen molar-refractivity contribution in [3.05, 3.63) is 11.6 Å². The summed E-state index contributed by atoms with van der Waals surface area (Å²) in [6, 6.07) is 0. The van der Waals surface area contributed by atoms with Gasteiger partial charge in [-0.15, -0.1) is 0 Å². The van der Waals surface area contributed by atoms with Crippen molar-refractivity contribution in [3.63, 3.8) is 0 Å². The van der Waals surface area contributed by atoms with E-state index in [4.69, 9.17) is 5.21 Å². The lowest BCUT2D eigenvalue weighted by atomic mass is 10.3. The fraction of sp³-hybridized carbons (Fsp3) is 0.400. The van der Waals surface area contributed by atoms with E-state index < -0.39 is 5.91 Å². The molecule has 1 amide bonds. The van der Waals surface area contributed by atoms with Crippen LogP contribution in [0, 0.1) is 0 Å². The number of hydrogen-bond acceptors (Lipinski definition) is 2. The number of hydrogen-bond donors (Lipinski definition) is 2. The fourth-order valence-corrected chi connectivity index (χ4v) is 0.219. The molecule has 0 unspecified atom stereocenters. The molecule has 8 heavy (non-hydrogen) atoms. The first-order valence-corrected chi connectivity index (χ1v) is 2.29. The predicted molar refractivity (Wildman–Crippen MR) is 29.4 cm³/mol. The summed E-state index contributed by atoms with van der Waals surface area (Å²) in [7, 11) is 0. The van der Waals surface area contributed by atoms with Crippen LogP contribution in [-0.2, 0) is 4.79 Å². The predicted octanol–water partition coefficient (Wildman–Crippen LogP) is 0.458. The van der Waals surface area contributed by atoms with Crippen LogP contribution >= 0.6 is 0 Å². The Morgan fingerprint density at radius 1 is 1.75 bits per heavy atom. The number of allylic oxidation sites excluding steroid dienone is 1. The second-order valence-corrected chi connectivity index (χ2v) is 1.41. The zero-order valence-corrected chi connectivity index (χ0v) is 4.93. The monoisotopic (exact) mass is 115 g/mol. The molecule has 3 nitrogen and oxygen atoms in total. The van der Waals surface area contributed by atoms with Gasteiger partial charge in [-0.3, -0.25) is 10.0 Å². The Kier molecular flexibility index (Phi) is 2.88. The molecular formula is C5H9NO2. The normalized spacial score (nSPS) is 11.1. The molecule has 0 aromatic rings. The lowest BCUT2D eigenvalue weighted by Crippen LogP contribution is -2.18. The molecular weight excluding hydrogens is 106 g/mol. The zero-order chi connectivity index (χ0) is 6.57. The molecule has 0 fully saturated rings. The average molecular weight is 115 g/mol. The van der Waals surface area contributed by atoms with Crippen LogP contribution in [-0.4, -0.2) is 11.1 Å². The van der Waals surface area contributed by atoms with E-state index in [1.165, 1.54) is 5.48 Å². The highest BCUT2D eigenvalue weighted by Crippen LogP contribution is 1.88. The minimum Gasteiger partial charge on any atom is -0.288 e. The first kappa shape index (κ1) is 7.17. The third kappa shape index (κ3) is 1.75. The third-order valence-electron chi connectivity index (χ3n) is 0.893. The second-order valence-electron chi connectivity index (χ2n) is 1.41. The van der Waals surface area contributed by atoms with Crippen molar-refractivity contribution in [2.45, 2.75) is 13.8 Å². The molecule has 0 spiro atoms. The number of hydroxylamine groups is 1. The Morgan fingerprint density at radius 2 is 2.25 bits per heavy atom. The van der Waals surface area contributed by atoms with Crippen molar-refractivity contribution in [3.8, 4) is 0 Å². The molecule has 0 atom stereocenters. The van der Waals surface area contributed by atoms with Crippen LogP contribution in [0.4, 0.5) is 0 Å². The van der Waals surface area contributed by atoms with Crippen molar-refractivity contribution in [1.29, 1.82) is 0 Å². The Morgan fingerprint density at radius 3 is 2.38 bits per heavy atom. The van der Waals surface area contributed by atoms with Crippen molar-refractivity contribution in [1.82, 2.24) is 5.48 Å². The molecule has 0 aromatic carbocycles. The van der Waals surface area contributed by atoms with Gasteiger partial charge in [-0.1, -0.05) is 6.08 Å². The molecule has 0 aliphatic rings. The van der Waals surface area contributed by atoms with E-state index in [2.05, 4.69) is 0 Å².